The van der Waals surface area contributed by atoms with Crippen molar-refractivity contribution in [3.8, 4) is 5.75 Å². The number of benzene rings is 1. The van der Waals surface area contributed by atoms with Gasteiger partial charge in [0, 0.05) is 17.0 Å². The number of hydrogen-bond acceptors (Lipinski definition) is 5. The Kier molecular flexibility index (Phi) is 5.93. The Balaban J connectivity index is 3.28. The molecule has 0 saturated heterocycles. The van der Waals surface area contributed by atoms with Crippen LogP contribution in [0.3, 0.4) is 0 Å². The summed E-state index contributed by atoms with van der Waals surface area (Å²) in [6, 6.07) is 5.03. The summed E-state index contributed by atoms with van der Waals surface area (Å²) in [5.41, 5.74) is 13.3. The van der Waals surface area contributed by atoms with Gasteiger partial charge in [-0.25, -0.2) is 4.79 Å². The number of rotatable bonds is 5. The topological polar surface area (TPSA) is 87.6 Å². The maximum Gasteiger partial charge on any atom is 0.341 e. The fraction of sp³-hybridized carbons (Fsp3) is 0.214. The van der Waals surface area contributed by atoms with Crippen LogP contribution in [-0.4, -0.2) is 26.1 Å². The van der Waals surface area contributed by atoms with Gasteiger partial charge in [-0.2, -0.15) is 0 Å². The quantitative estimate of drug-likeness (QED) is 0.492. The predicted molar refractivity (Wildman–Crippen MR) is 79.5 cm³/mol. The SMILES string of the molecule is COC(=O)c1cccc(/C(N)=C/C=C(\N)CCl)c1OC. The molecule has 4 N–H and O–H groups in total. The number of ether oxygens (including phenoxy) is 2. The standard InChI is InChI=1S/C14H17ClN2O3/c1-19-13-10(12(17)7-6-9(16)8-15)4-3-5-11(13)14(18)20-2/h3-7H,8,16-17H2,1-2H3/b9-6-,12-7-. The molecule has 0 atom stereocenters. The van der Waals surface area contributed by atoms with Crippen LogP contribution in [-0.2, 0) is 4.74 Å². The Labute approximate surface area is 122 Å². The summed E-state index contributed by atoms with van der Waals surface area (Å²) in [4.78, 5) is 11.7. The number of carbonyl (C=O) groups is 1. The van der Waals surface area contributed by atoms with E-state index in [1.54, 1.807) is 30.4 Å². The predicted octanol–water partition coefficient (Wildman–Crippen LogP) is 1.86. The minimum atomic E-state index is -0.493. The van der Waals surface area contributed by atoms with E-state index in [9.17, 15) is 4.79 Å². The zero-order chi connectivity index (χ0) is 15.1. The molecule has 1 aromatic rings. The first-order valence-electron chi connectivity index (χ1n) is 5.78. The van der Waals surface area contributed by atoms with Crippen LogP contribution < -0.4 is 16.2 Å². The molecule has 0 unspecified atom stereocenters. The lowest BCUT2D eigenvalue weighted by molar-refractivity contribution is 0.0597. The monoisotopic (exact) mass is 296 g/mol. The van der Waals surface area contributed by atoms with Gasteiger partial charge >= 0.3 is 5.97 Å². The van der Waals surface area contributed by atoms with Crippen LogP contribution in [0.5, 0.6) is 5.75 Å². The second-order valence-corrected chi connectivity index (χ2v) is 4.14. The highest BCUT2D eigenvalue weighted by molar-refractivity contribution is 6.19. The number of methoxy groups -OCH3 is 2. The van der Waals surface area contributed by atoms with Crippen molar-refractivity contribution < 1.29 is 14.3 Å². The third-order valence-corrected chi connectivity index (χ3v) is 2.88. The summed E-state index contributed by atoms with van der Waals surface area (Å²) in [5.74, 6) is 0.0709. The van der Waals surface area contributed by atoms with Crippen molar-refractivity contribution in [1.82, 2.24) is 0 Å². The first-order valence-corrected chi connectivity index (χ1v) is 6.32. The van der Waals surface area contributed by atoms with Gasteiger partial charge in [0.25, 0.3) is 0 Å². The van der Waals surface area contributed by atoms with Gasteiger partial charge < -0.3 is 20.9 Å². The van der Waals surface area contributed by atoms with Gasteiger partial charge in [-0.1, -0.05) is 6.07 Å². The smallest absolute Gasteiger partial charge is 0.341 e. The summed E-state index contributed by atoms with van der Waals surface area (Å²) in [6.45, 7) is 0. The van der Waals surface area contributed by atoms with Crippen molar-refractivity contribution in [3.05, 3.63) is 47.2 Å². The molecule has 0 aliphatic heterocycles. The number of alkyl halides is 1. The molecule has 20 heavy (non-hydrogen) atoms. The van der Waals surface area contributed by atoms with E-state index < -0.39 is 5.97 Å². The van der Waals surface area contributed by atoms with Crippen LogP contribution in [0.1, 0.15) is 15.9 Å². The van der Waals surface area contributed by atoms with Crippen LogP contribution in [0.15, 0.2) is 36.0 Å². The largest absolute Gasteiger partial charge is 0.495 e. The molecule has 6 heteroatoms. The Hall–Kier alpha value is -2.14. The van der Waals surface area contributed by atoms with Crippen molar-refractivity contribution in [2.24, 2.45) is 11.5 Å². The molecule has 0 aliphatic rings. The number of carbonyl (C=O) groups excluding carboxylic acids is 1. The second-order valence-electron chi connectivity index (χ2n) is 3.88. The van der Waals surface area contributed by atoms with E-state index in [1.807, 2.05) is 0 Å². The molecule has 0 spiro atoms. The summed E-state index contributed by atoms with van der Waals surface area (Å²) < 4.78 is 9.95. The van der Waals surface area contributed by atoms with Gasteiger partial charge in [-0.05, 0) is 24.3 Å². The van der Waals surface area contributed by atoms with Crippen LogP contribution in [0.4, 0.5) is 0 Å². The number of nitrogens with two attached hydrogens (primary N) is 2. The first kappa shape index (κ1) is 15.9. The van der Waals surface area contributed by atoms with Crippen LogP contribution in [0, 0.1) is 0 Å². The van der Waals surface area contributed by atoms with Crippen molar-refractivity contribution >= 4 is 23.3 Å². The van der Waals surface area contributed by atoms with Crippen molar-refractivity contribution in [2.45, 2.75) is 0 Å². The van der Waals surface area contributed by atoms with Gasteiger partial charge in [-0.15, -0.1) is 11.6 Å². The van der Waals surface area contributed by atoms with E-state index in [0.717, 1.165) is 0 Å². The van der Waals surface area contributed by atoms with Gasteiger partial charge in [0.05, 0.1) is 20.1 Å². The Morgan fingerprint density at radius 2 is 1.90 bits per heavy atom. The number of halogens is 1. The molecule has 0 saturated carbocycles. The summed E-state index contributed by atoms with van der Waals surface area (Å²) >= 11 is 5.58. The third kappa shape index (κ3) is 3.68. The minimum Gasteiger partial charge on any atom is -0.495 e. The minimum absolute atomic E-state index is 0.211. The number of para-hydroxylation sites is 1. The van der Waals surface area contributed by atoms with E-state index in [2.05, 4.69) is 0 Å². The second kappa shape index (κ2) is 7.45. The molecule has 0 heterocycles. The highest BCUT2D eigenvalue weighted by atomic mass is 35.5. The Morgan fingerprint density at radius 1 is 1.25 bits per heavy atom. The molecule has 0 fully saturated rings. The molecule has 0 amide bonds. The summed E-state index contributed by atoms with van der Waals surface area (Å²) in [7, 11) is 2.76. The average molecular weight is 297 g/mol. The molecule has 5 nitrogen and oxygen atoms in total. The molecular weight excluding hydrogens is 280 g/mol. The van der Waals surface area contributed by atoms with Crippen LogP contribution in [0.2, 0.25) is 0 Å². The Morgan fingerprint density at radius 3 is 2.45 bits per heavy atom. The van der Waals surface area contributed by atoms with Gasteiger partial charge in [0.1, 0.15) is 11.3 Å². The lowest BCUT2D eigenvalue weighted by Crippen LogP contribution is -2.08. The molecule has 0 aromatic heterocycles. The lowest BCUT2D eigenvalue weighted by Gasteiger charge is -2.12. The average Bonchev–Trinajstić information content (AvgIpc) is 2.50. The van der Waals surface area contributed by atoms with E-state index in [0.29, 0.717) is 28.3 Å². The highest BCUT2D eigenvalue weighted by Crippen LogP contribution is 2.28. The van der Waals surface area contributed by atoms with Crippen molar-refractivity contribution in [3.63, 3.8) is 0 Å². The zero-order valence-electron chi connectivity index (χ0n) is 11.4. The highest BCUT2D eigenvalue weighted by Gasteiger charge is 2.16. The van der Waals surface area contributed by atoms with Crippen molar-refractivity contribution in [1.29, 1.82) is 0 Å². The number of esters is 1. The van der Waals surface area contributed by atoms with E-state index in [1.165, 1.54) is 14.2 Å². The fourth-order valence-electron chi connectivity index (χ4n) is 1.59. The molecule has 108 valence electrons. The molecule has 0 aliphatic carbocycles. The van der Waals surface area contributed by atoms with E-state index in [-0.39, 0.29) is 5.88 Å². The zero-order valence-corrected chi connectivity index (χ0v) is 12.1. The fourth-order valence-corrected chi connectivity index (χ4v) is 1.68. The first-order chi connectivity index (χ1) is 9.54. The van der Waals surface area contributed by atoms with Crippen LogP contribution in [0.25, 0.3) is 5.70 Å². The normalized spacial score (nSPS) is 12.2. The molecule has 0 radical (unpaired) electrons. The molecule has 1 rings (SSSR count). The summed E-state index contributed by atoms with van der Waals surface area (Å²) in [6.07, 6.45) is 3.21. The molecule has 0 bridgehead atoms. The van der Waals surface area contributed by atoms with Gasteiger partial charge in [0.15, 0.2) is 0 Å². The van der Waals surface area contributed by atoms with Gasteiger partial charge in [-0.3, -0.25) is 0 Å². The lowest BCUT2D eigenvalue weighted by atomic mass is 10.1. The third-order valence-electron chi connectivity index (χ3n) is 2.57. The summed E-state index contributed by atoms with van der Waals surface area (Å²) in [5, 5.41) is 0. The van der Waals surface area contributed by atoms with Gasteiger partial charge in [0.2, 0.25) is 0 Å². The Bertz CT molecular complexity index is 553. The number of allylic oxidation sites excluding steroid dienone is 3. The van der Waals surface area contributed by atoms with Crippen molar-refractivity contribution in [2.75, 3.05) is 20.1 Å². The number of hydrogen-bond donors (Lipinski definition) is 2. The molecule has 1 aromatic carbocycles. The van der Waals surface area contributed by atoms with E-state index in [4.69, 9.17) is 32.5 Å². The van der Waals surface area contributed by atoms with E-state index >= 15 is 0 Å². The maximum absolute atomic E-state index is 11.7. The molecular formula is C14H17ClN2O3. The van der Waals surface area contributed by atoms with Crippen LogP contribution >= 0.6 is 11.6 Å². The maximum atomic E-state index is 11.7.